The number of carbonyl (C=O) groups excluding carboxylic acids is 1. The fraction of sp³-hybridized carbons (Fsp3) is 0.476. The zero-order valence-corrected chi connectivity index (χ0v) is 18.2. The van der Waals surface area contributed by atoms with E-state index in [1.165, 1.54) is 12.1 Å². The van der Waals surface area contributed by atoms with Crippen molar-refractivity contribution in [2.75, 3.05) is 33.8 Å². The minimum Gasteiger partial charge on any atom is -0.483 e. The number of rotatable bonds is 4. The SMILES string of the molecule is CN(C)C(=O)C[C@H]1CN2C[C@H](n3ccnc3-c3ccc(F)cc3Cl)C[C@H]2CO1.O=CO. The molecule has 1 amide bonds. The summed E-state index contributed by atoms with van der Waals surface area (Å²) >= 11 is 6.25. The van der Waals surface area contributed by atoms with Crippen molar-refractivity contribution < 1.29 is 23.8 Å². The number of aromatic nitrogens is 2. The molecule has 0 spiro atoms. The Hall–Kier alpha value is -2.49. The van der Waals surface area contributed by atoms with Crippen molar-refractivity contribution in [3.8, 4) is 11.4 Å². The Balaban J connectivity index is 0.000000858. The lowest BCUT2D eigenvalue weighted by Crippen LogP contribution is -2.47. The van der Waals surface area contributed by atoms with Crippen LogP contribution in [0.1, 0.15) is 18.9 Å². The lowest BCUT2D eigenvalue weighted by molar-refractivity contribution is -0.134. The van der Waals surface area contributed by atoms with E-state index in [1.807, 2.05) is 6.20 Å². The second kappa shape index (κ2) is 10.2. The number of hydrogen-bond donors (Lipinski definition) is 1. The summed E-state index contributed by atoms with van der Waals surface area (Å²) in [5.74, 6) is 0.470. The van der Waals surface area contributed by atoms with E-state index in [0.717, 1.165) is 30.9 Å². The molecule has 3 atom stereocenters. The highest BCUT2D eigenvalue weighted by Crippen LogP contribution is 2.35. The van der Waals surface area contributed by atoms with Crippen molar-refractivity contribution in [1.29, 1.82) is 0 Å². The summed E-state index contributed by atoms with van der Waals surface area (Å²) in [5.41, 5.74) is 0.726. The molecular formula is C21H26ClFN4O4. The van der Waals surface area contributed by atoms with Crippen LogP contribution in [0.3, 0.4) is 0 Å². The zero-order valence-electron chi connectivity index (χ0n) is 17.4. The van der Waals surface area contributed by atoms with Crippen molar-refractivity contribution in [3.63, 3.8) is 0 Å². The first-order valence-electron chi connectivity index (χ1n) is 9.96. The van der Waals surface area contributed by atoms with E-state index in [-0.39, 0.29) is 30.3 Å². The van der Waals surface area contributed by atoms with Crippen LogP contribution in [0.15, 0.2) is 30.6 Å². The molecule has 2 saturated heterocycles. The van der Waals surface area contributed by atoms with Crippen molar-refractivity contribution in [1.82, 2.24) is 19.4 Å². The number of ether oxygens (including phenoxy) is 1. The normalized spacial score (nSPS) is 22.9. The maximum atomic E-state index is 13.4. The van der Waals surface area contributed by atoms with Crippen LogP contribution in [0.4, 0.5) is 4.39 Å². The van der Waals surface area contributed by atoms with Gasteiger partial charge in [-0.05, 0) is 24.6 Å². The number of fused-ring (bicyclic) bond motifs is 1. The largest absolute Gasteiger partial charge is 0.483 e. The number of benzene rings is 1. The second-order valence-corrected chi connectivity index (χ2v) is 8.24. The summed E-state index contributed by atoms with van der Waals surface area (Å²) < 4.78 is 21.5. The summed E-state index contributed by atoms with van der Waals surface area (Å²) in [7, 11) is 3.53. The van der Waals surface area contributed by atoms with Gasteiger partial charge in [0, 0.05) is 57.2 Å². The number of halogens is 2. The molecule has 168 valence electrons. The summed E-state index contributed by atoms with van der Waals surface area (Å²) in [6, 6.07) is 4.95. The molecule has 31 heavy (non-hydrogen) atoms. The van der Waals surface area contributed by atoms with Gasteiger partial charge in [0.15, 0.2) is 0 Å². The van der Waals surface area contributed by atoms with Gasteiger partial charge in [0.25, 0.3) is 6.47 Å². The minimum atomic E-state index is -0.361. The molecule has 0 aliphatic carbocycles. The summed E-state index contributed by atoms with van der Waals surface area (Å²) in [6.45, 7) is 1.99. The summed E-state index contributed by atoms with van der Waals surface area (Å²) in [5, 5.41) is 7.24. The minimum absolute atomic E-state index is 0.0706. The van der Waals surface area contributed by atoms with E-state index >= 15 is 0 Å². The van der Waals surface area contributed by atoms with Crippen molar-refractivity contribution in [2.45, 2.75) is 31.0 Å². The number of nitrogens with zero attached hydrogens (tertiary/aromatic N) is 4. The average Bonchev–Trinajstić information content (AvgIpc) is 3.34. The molecule has 0 saturated carbocycles. The van der Waals surface area contributed by atoms with Crippen LogP contribution in [0.5, 0.6) is 0 Å². The van der Waals surface area contributed by atoms with Gasteiger partial charge in [0.1, 0.15) is 11.6 Å². The van der Waals surface area contributed by atoms with Crippen LogP contribution in [0.2, 0.25) is 5.02 Å². The Morgan fingerprint density at radius 3 is 2.81 bits per heavy atom. The third-order valence-corrected chi connectivity index (χ3v) is 5.92. The number of hydrogen-bond acceptors (Lipinski definition) is 5. The predicted octanol–water partition coefficient (Wildman–Crippen LogP) is 2.54. The van der Waals surface area contributed by atoms with Crippen molar-refractivity contribution in [3.05, 3.63) is 41.4 Å². The van der Waals surface area contributed by atoms with Crippen LogP contribution in [-0.4, -0.2) is 82.8 Å². The topological polar surface area (TPSA) is 87.9 Å². The third kappa shape index (κ3) is 5.41. The quantitative estimate of drug-likeness (QED) is 0.717. The molecule has 3 heterocycles. The van der Waals surface area contributed by atoms with Gasteiger partial charge < -0.3 is 19.3 Å². The predicted molar refractivity (Wildman–Crippen MR) is 113 cm³/mol. The molecular weight excluding hydrogens is 427 g/mol. The molecule has 8 nitrogen and oxygen atoms in total. The van der Waals surface area contributed by atoms with E-state index in [0.29, 0.717) is 24.1 Å². The molecule has 1 N–H and O–H groups in total. The molecule has 1 aromatic heterocycles. The standard InChI is InChI=1S/C20H24ClFN4O2.CH2O2/c1-24(2)19(27)9-16-11-25-10-14(8-15(25)12-28-16)26-6-5-23-20(26)17-4-3-13(22)7-18(17)21;2-1-3/h3-7,14-16H,8-12H2,1-2H3;1H,(H,2,3)/t14-,15+,16+;/m1./s1. The first kappa shape index (κ1) is 23.2. The Labute approximate surface area is 185 Å². The monoisotopic (exact) mass is 452 g/mol. The fourth-order valence-corrected chi connectivity index (χ4v) is 4.36. The van der Waals surface area contributed by atoms with Gasteiger partial charge in [-0.2, -0.15) is 0 Å². The van der Waals surface area contributed by atoms with E-state index in [1.54, 1.807) is 31.3 Å². The van der Waals surface area contributed by atoms with E-state index in [9.17, 15) is 9.18 Å². The highest BCUT2D eigenvalue weighted by atomic mass is 35.5. The number of amides is 1. The van der Waals surface area contributed by atoms with Crippen LogP contribution in [0.25, 0.3) is 11.4 Å². The summed E-state index contributed by atoms with van der Waals surface area (Å²) in [6.07, 6.45) is 4.98. The van der Waals surface area contributed by atoms with Crippen LogP contribution in [-0.2, 0) is 14.3 Å². The maximum Gasteiger partial charge on any atom is 0.290 e. The van der Waals surface area contributed by atoms with Gasteiger partial charge in [0.05, 0.1) is 24.2 Å². The fourth-order valence-electron chi connectivity index (χ4n) is 4.11. The van der Waals surface area contributed by atoms with Gasteiger partial charge in [-0.3, -0.25) is 14.5 Å². The molecule has 2 fully saturated rings. The van der Waals surface area contributed by atoms with Crippen LogP contribution >= 0.6 is 11.6 Å². The Morgan fingerprint density at radius 1 is 1.39 bits per heavy atom. The number of imidazole rings is 1. The Morgan fingerprint density at radius 2 is 2.13 bits per heavy atom. The highest BCUT2D eigenvalue weighted by Gasteiger charge is 2.39. The molecule has 0 radical (unpaired) electrons. The van der Waals surface area contributed by atoms with Gasteiger partial charge in [-0.25, -0.2) is 9.37 Å². The number of carbonyl (C=O) groups is 2. The average molecular weight is 453 g/mol. The number of morpholine rings is 1. The zero-order chi connectivity index (χ0) is 22.5. The molecule has 2 aliphatic heterocycles. The third-order valence-electron chi connectivity index (χ3n) is 5.60. The maximum absolute atomic E-state index is 13.4. The lowest BCUT2D eigenvalue weighted by Gasteiger charge is -2.35. The molecule has 0 unspecified atom stereocenters. The molecule has 1 aromatic carbocycles. The highest BCUT2D eigenvalue weighted by molar-refractivity contribution is 6.33. The molecule has 2 aliphatic rings. The molecule has 2 aromatic rings. The van der Waals surface area contributed by atoms with E-state index < -0.39 is 0 Å². The molecule has 10 heteroatoms. The molecule has 0 bridgehead atoms. The number of carboxylic acid groups (broad SMARTS) is 1. The van der Waals surface area contributed by atoms with Gasteiger partial charge >= 0.3 is 0 Å². The van der Waals surface area contributed by atoms with Crippen LogP contribution in [0, 0.1) is 5.82 Å². The van der Waals surface area contributed by atoms with Gasteiger partial charge in [-0.1, -0.05) is 11.6 Å². The lowest BCUT2D eigenvalue weighted by atomic mass is 10.1. The molecule has 4 rings (SSSR count). The summed E-state index contributed by atoms with van der Waals surface area (Å²) in [4.78, 5) is 28.8. The Kier molecular flexibility index (Phi) is 7.64. The smallest absolute Gasteiger partial charge is 0.290 e. The van der Waals surface area contributed by atoms with Gasteiger partial charge in [-0.15, -0.1) is 0 Å². The van der Waals surface area contributed by atoms with Crippen molar-refractivity contribution in [2.24, 2.45) is 0 Å². The Bertz CT molecular complexity index is 923. The first-order valence-corrected chi connectivity index (χ1v) is 10.3. The van der Waals surface area contributed by atoms with Gasteiger partial charge in [0.2, 0.25) is 5.91 Å². The van der Waals surface area contributed by atoms with E-state index in [2.05, 4.69) is 14.5 Å². The van der Waals surface area contributed by atoms with E-state index in [4.69, 9.17) is 26.2 Å². The first-order chi connectivity index (χ1) is 14.8. The van der Waals surface area contributed by atoms with Crippen molar-refractivity contribution >= 4 is 24.0 Å². The van der Waals surface area contributed by atoms with Crippen LogP contribution < -0.4 is 0 Å². The second-order valence-electron chi connectivity index (χ2n) is 7.83.